The number of halogens is 1. The van der Waals surface area contributed by atoms with Crippen molar-refractivity contribution in [2.45, 2.75) is 6.92 Å². The molecule has 0 unspecified atom stereocenters. The maximum atomic E-state index is 6.15. The number of hydrogen-bond donors (Lipinski definition) is 0. The van der Waals surface area contributed by atoms with Gasteiger partial charge >= 0.3 is 0 Å². The van der Waals surface area contributed by atoms with Crippen LogP contribution in [0, 0.1) is 6.92 Å². The van der Waals surface area contributed by atoms with Crippen LogP contribution in [-0.4, -0.2) is 29.4 Å². The zero-order valence-corrected chi connectivity index (χ0v) is 14.7. The van der Waals surface area contributed by atoms with Gasteiger partial charge in [0.1, 0.15) is 6.33 Å². The molecule has 0 aliphatic carbocycles. The summed E-state index contributed by atoms with van der Waals surface area (Å²) in [5.41, 5.74) is 3.43. The van der Waals surface area contributed by atoms with E-state index in [9.17, 15) is 0 Å². The van der Waals surface area contributed by atoms with Crippen LogP contribution in [0.1, 0.15) is 5.56 Å². The Morgan fingerprint density at radius 2 is 2.04 bits per heavy atom. The Balaban J connectivity index is 1.77. The maximum Gasteiger partial charge on any atom is 0.179 e. The van der Waals surface area contributed by atoms with Gasteiger partial charge < -0.3 is 0 Å². The van der Waals surface area contributed by atoms with Crippen LogP contribution in [0.2, 0.25) is 5.02 Å². The van der Waals surface area contributed by atoms with Gasteiger partial charge in [0.25, 0.3) is 0 Å². The number of hydrogen-bond acceptors (Lipinski definition) is 5. The molecule has 0 amide bonds. The molecule has 0 aliphatic rings. The lowest BCUT2D eigenvalue weighted by molar-refractivity contribution is 0.886. The molecule has 5 aromatic rings. The average Bonchev–Trinajstić information content (AvgIpc) is 3.34. The third-order valence-corrected chi connectivity index (χ3v) is 5.22. The molecule has 5 rings (SSSR count). The van der Waals surface area contributed by atoms with E-state index in [1.54, 1.807) is 28.5 Å². The van der Waals surface area contributed by atoms with Crippen LogP contribution in [0.4, 0.5) is 0 Å². The lowest BCUT2D eigenvalue weighted by atomic mass is 10.2. The second kappa shape index (κ2) is 5.37. The number of thiophene rings is 1. The van der Waals surface area contributed by atoms with E-state index in [0.29, 0.717) is 5.02 Å². The highest BCUT2D eigenvalue weighted by molar-refractivity contribution is 7.13. The Morgan fingerprint density at radius 3 is 2.88 bits per heavy atom. The van der Waals surface area contributed by atoms with Gasteiger partial charge in [-0.2, -0.15) is 5.10 Å². The summed E-state index contributed by atoms with van der Waals surface area (Å²) in [4.78, 5) is 5.65. The second-order valence-corrected chi connectivity index (χ2v) is 7.05. The first-order chi connectivity index (χ1) is 12.2. The molecule has 1 aromatic carbocycles. The quantitative estimate of drug-likeness (QED) is 0.470. The molecule has 0 fully saturated rings. The number of fused-ring (bicyclic) bond motifs is 3. The molecule has 25 heavy (non-hydrogen) atoms. The highest BCUT2D eigenvalue weighted by atomic mass is 35.5. The van der Waals surface area contributed by atoms with Gasteiger partial charge in [-0.25, -0.2) is 9.67 Å². The molecule has 0 aliphatic heterocycles. The summed E-state index contributed by atoms with van der Waals surface area (Å²) in [6, 6.07) is 9.73. The van der Waals surface area contributed by atoms with Crippen molar-refractivity contribution in [3.63, 3.8) is 0 Å². The normalized spacial score (nSPS) is 11.6. The van der Waals surface area contributed by atoms with E-state index >= 15 is 0 Å². The lowest BCUT2D eigenvalue weighted by Crippen LogP contribution is -2.01. The van der Waals surface area contributed by atoms with Gasteiger partial charge in [-0.1, -0.05) is 23.7 Å². The highest BCUT2D eigenvalue weighted by Gasteiger charge is 2.16. The van der Waals surface area contributed by atoms with Crippen LogP contribution in [0.25, 0.3) is 33.1 Å². The molecule has 0 saturated heterocycles. The summed E-state index contributed by atoms with van der Waals surface area (Å²) in [7, 11) is 0. The summed E-state index contributed by atoms with van der Waals surface area (Å²) in [6.07, 6.45) is 3.51. The van der Waals surface area contributed by atoms with E-state index in [1.807, 2.05) is 47.0 Å². The minimum Gasteiger partial charge on any atom is -0.264 e. The SMILES string of the molecule is Cc1ccc(Cl)cc1-n1ncc2c1ncn1c(-c3cccs3)nnc21. The van der Waals surface area contributed by atoms with Crippen molar-refractivity contribution in [3.8, 4) is 16.4 Å². The van der Waals surface area contributed by atoms with Crippen LogP contribution in [-0.2, 0) is 0 Å². The topological polar surface area (TPSA) is 60.9 Å². The van der Waals surface area contributed by atoms with E-state index in [4.69, 9.17) is 11.6 Å². The van der Waals surface area contributed by atoms with Gasteiger partial charge in [-0.15, -0.1) is 21.5 Å². The van der Waals surface area contributed by atoms with Gasteiger partial charge in [-0.3, -0.25) is 4.40 Å². The minimum atomic E-state index is 0.660. The summed E-state index contributed by atoms with van der Waals surface area (Å²) >= 11 is 7.77. The summed E-state index contributed by atoms with van der Waals surface area (Å²) in [5.74, 6) is 0.783. The van der Waals surface area contributed by atoms with Gasteiger partial charge in [-0.05, 0) is 36.1 Å². The van der Waals surface area contributed by atoms with Crippen LogP contribution in [0.15, 0.2) is 48.2 Å². The second-order valence-electron chi connectivity index (χ2n) is 5.66. The van der Waals surface area contributed by atoms with E-state index in [1.165, 1.54) is 0 Å². The van der Waals surface area contributed by atoms with Gasteiger partial charge in [0.15, 0.2) is 17.1 Å². The summed E-state index contributed by atoms with van der Waals surface area (Å²) in [6.45, 7) is 2.02. The van der Waals surface area contributed by atoms with Crippen molar-refractivity contribution < 1.29 is 0 Å². The molecule has 4 heterocycles. The van der Waals surface area contributed by atoms with E-state index in [0.717, 1.165) is 38.6 Å². The Morgan fingerprint density at radius 1 is 1.12 bits per heavy atom. The molecule has 0 spiro atoms. The Hall–Kier alpha value is -2.77. The maximum absolute atomic E-state index is 6.15. The molecular weight excluding hydrogens is 356 g/mol. The first-order valence-corrected chi connectivity index (χ1v) is 8.86. The Bertz CT molecular complexity index is 1220. The third kappa shape index (κ3) is 2.16. The number of benzene rings is 1. The lowest BCUT2D eigenvalue weighted by Gasteiger charge is -2.07. The fourth-order valence-electron chi connectivity index (χ4n) is 2.88. The van der Waals surface area contributed by atoms with Crippen LogP contribution in [0.3, 0.4) is 0 Å². The number of aryl methyl sites for hydroxylation is 1. The molecule has 4 aromatic heterocycles. The summed E-state index contributed by atoms with van der Waals surface area (Å²) in [5, 5.41) is 16.7. The van der Waals surface area contributed by atoms with Crippen molar-refractivity contribution in [1.29, 1.82) is 0 Å². The fraction of sp³-hybridized carbons (Fsp3) is 0.0588. The summed E-state index contributed by atoms with van der Waals surface area (Å²) < 4.78 is 3.68. The highest BCUT2D eigenvalue weighted by Crippen LogP contribution is 2.27. The number of nitrogens with zero attached hydrogens (tertiary/aromatic N) is 6. The van der Waals surface area contributed by atoms with E-state index in [-0.39, 0.29) is 0 Å². The van der Waals surface area contributed by atoms with Crippen molar-refractivity contribution in [2.24, 2.45) is 0 Å². The predicted molar refractivity (Wildman–Crippen MR) is 98.5 cm³/mol. The third-order valence-electron chi connectivity index (χ3n) is 4.12. The molecule has 6 nitrogen and oxygen atoms in total. The van der Waals surface area contributed by atoms with E-state index in [2.05, 4.69) is 20.3 Å². The fourth-order valence-corrected chi connectivity index (χ4v) is 3.75. The van der Waals surface area contributed by atoms with Crippen LogP contribution in [0.5, 0.6) is 0 Å². The van der Waals surface area contributed by atoms with Crippen molar-refractivity contribution in [3.05, 3.63) is 58.8 Å². The monoisotopic (exact) mass is 366 g/mol. The smallest absolute Gasteiger partial charge is 0.179 e. The van der Waals surface area contributed by atoms with Crippen molar-refractivity contribution >= 4 is 39.6 Å². The zero-order chi connectivity index (χ0) is 17.0. The number of aromatic nitrogens is 6. The average molecular weight is 367 g/mol. The molecule has 8 heteroatoms. The molecular formula is C17H11ClN6S. The van der Waals surface area contributed by atoms with Gasteiger partial charge in [0.2, 0.25) is 0 Å². The Labute approximate surface area is 151 Å². The van der Waals surface area contributed by atoms with Crippen LogP contribution >= 0.6 is 22.9 Å². The largest absolute Gasteiger partial charge is 0.264 e. The number of rotatable bonds is 2. The molecule has 0 bridgehead atoms. The molecule has 122 valence electrons. The predicted octanol–water partition coefficient (Wildman–Crippen LogP) is 4.15. The van der Waals surface area contributed by atoms with E-state index < -0.39 is 0 Å². The molecule has 0 radical (unpaired) electrons. The Kier molecular flexibility index (Phi) is 3.13. The standard InChI is InChI=1S/C17H11ClN6S/c1-10-4-5-11(18)7-13(10)24-15-12(8-20-24)16-21-22-17(23(16)9-19-15)14-3-2-6-25-14/h2-9H,1H3. The molecule has 0 saturated carbocycles. The zero-order valence-electron chi connectivity index (χ0n) is 13.1. The van der Waals surface area contributed by atoms with Crippen molar-refractivity contribution in [2.75, 3.05) is 0 Å². The first-order valence-electron chi connectivity index (χ1n) is 7.60. The molecule has 0 atom stereocenters. The molecule has 0 N–H and O–H groups in total. The minimum absolute atomic E-state index is 0.660. The van der Waals surface area contributed by atoms with Crippen molar-refractivity contribution in [1.82, 2.24) is 29.4 Å². The van der Waals surface area contributed by atoms with Gasteiger partial charge in [0, 0.05) is 5.02 Å². The van der Waals surface area contributed by atoms with Gasteiger partial charge in [0.05, 0.1) is 22.1 Å². The first kappa shape index (κ1) is 14.6. The van der Waals surface area contributed by atoms with Crippen LogP contribution < -0.4 is 0 Å².